The van der Waals surface area contributed by atoms with Gasteiger partial charge in [-0.15, -0.1) is 0 Å². The molecule has 2 fully saturated rings. The molecule has 0 radical (unpaired) electrons. The van der Waals surface area contributed by atoms with Crippen LogP contribution in [0.4, 0.5) is 0 Å². The van der Waals surface area contributed by atoms with Crippen molar-refractivity contribution in [3.8, 4) is 0 Å². The maximum atomic E-state index is 10.8. The van der Waals surface area contributed by atoms with Crippen LogP contribution in [0.5, 0.6) is 0 Å². The summed E-state index contributed by atoms with van der Waals surface area (Å²) in [6, 6.07) is 0.753. The third kappa shape index (κ3) is 3.89. The van der Waals surface area contributed by atoms with Crippen LogP contribution in [0.1, 0.15) is 39.0 Å². The molecule has 0 aromatic heterocycles. The summed E-state index contributed by atoms with van der Waals surface area (Å²) < 4.78 is 0. The summed E-state index contributed by atoms with van der Waals surface area (Å²) >= 11 is 2.08. The van der Waals surface area contributed by atoms with Crippen molar-refractivity contribution < 1.29 is 9.90 Å². The molecule has 2 aliphatic heterocycles. The molecule has 3 atom stereocenters. The van der Waals surface area contributed by atoms with Gasteiger partial charge in [-0.2, -0.15) is 11.8 Å². The van der Waals surface area contributed by atoms with E-state index in [1.807, 2.05) is 0 Å². The van der Waals surface area contributed by atoms with Gasteiger partial charge in [0.05, 0.1) is 0 Å². The van der Waals surface area contributed by atoms with Crippen LogP contribution in [0.25, 0.3) is 0 Å². The van der Waals surface area contributed by atoms with Crippen molar-refractivity contribution in [2.24, 2.45) is 11.8 Å². The van der Waals surface area contributed by atoms with Gasteiger partial charge in [0.15, 0.2) is 0 Å². The van der Waals surface area contributed by atoms with Gasteiger partial charge in [0.25, 0.3) is 0 Å². The third-order valence-corrected chi connectivity index (χ3v) is 5.64. The summed E-state index contributed by atoms with van der Waals surface area (Å²) in [4.78, 5) is 13.5. The van der Waals surface area contributed by atoms with Gasteiger partial charge in [0.1, 0.15) is 0 Å². The molecule has 4 heteroatoms. The van der Waals surface area contributed by atoms with Gasteiger partial charge in [-0.1, -0.05) is 6.92 Å². The highest BCUT2D eigenvalue weighted by atomic mass is 32.2. The van der Waals surface area contributed by atoms with Crippen LogP contribution in [-0.4, -0.2) is 46.6 Å². The van der Waals surface area contributed by atoms with Gasteiger partial charge in [-0.25, -0.2) is 0 Å². The van der Waals surface area contributed by atoms with Gasteiger partial charge < -0.3 is 5.11 Å². The highest BCUT2D eigenvalue weighted by Gasteiger charge is 2.30. The Morgan fingerprint density at radius 3 is 2.94 bits per heavy atom. The SMILES string of the molecule is CC(CC(=O)O)C1CCCN(C2CCCSC2)C1. The lowest BCUT2D eigenvalue weighted by Gasteiger charge is -2.41. The average Bonchev–Trinajstić information content (AvgIpc) is 2.39. The zero-order valence-corrected chi connectivity index (χ0v) is 12.1. The van der Waals surface area contributed by atoms with Gasteiger partial charge >= 0.3 is 5.97 Å². The highest BCUT2D eigenvalue weighted by Crippen LogP contribution is 2.30. The number of carboxylic acids is 1. The van der Waals surface area contributed by atoms with Crippen LogP contribution < -0.4 is 0 Å². The molecule has 2 heterocycles. The van der Waals surface area contributed by atoms with Crippen molar-refractivity contribution in [2.45, 2.75) is 45.1 Å². The fraction of sp³-hybridized carbons (Fsp3) is 0.929. The third-order valence-electron chi connectivity index (χ3n) is 4.44. The highest BCUT2D eigenvalue weighted by molar-refractivity contribution is 7.99. The number of thioether (sulfide) groups is 1. The Balaban J connectivity index is 1.85. The van der Waals surface area contributed by atoms with Crippen molar-refractivity contribution in [2.75, 3.05) is 24.6 Å². The van der Waals surface area contributed by atoms with Crippen LogP contribution in [0, 0.1) is 11.8 Å². The molecule has 0 bridgehead atoms. The summed E-state index contributed by atoms with van der Waals surface area (Å²) in [5.74, 6) is 2.86. The van der Waals surface area contributed by atoms with Crippen LogP contribution in [0.2, 0.25) is 0 Å². The van der Waals surface area contributed by atoms with E-state index in [4.69, 9.17) is 5.11 Å². The van der Waals surface area contributed by atoms with E-state index < -0.39 is 5.97 Å². The first-order valence-corrected chi connectivity index (χ1v) is 8.36. The Kier molecular flexibility index (Phi) is 5.37. The van der Waals surface area contributed by atoms with Crippen molar-refractivity contribution in [3.05, 3.63) is 0 Å². The van der Waals surface area contributed by atoms with Crippen LogP contribution in [-0.2, 0) is 4.79 Å². The number of nitrogens with zero attached hydrogens (tertiary/aromatic N) is 1. The number of hydrogen-bond acceptors (Lipinski definition) is 3. The van der Waals surface area contributed by atoms with E-state index in [0.717, 1.165) is 12.6 Å². The van der Waals surface area contributed by atoms with E-state index in [1.165, 1.54) is 43.7 Å². The van der Waals surface area contributed by atoms with Crippen LogP contribution >= 0.6 is 11.8 Å². The Labute approximate surface area is 114 Å². The van der Waals surface area contributed by atoms with E-state index >= 15 is 0 Å². The lowest BCUT2D eigenvalue weighted by molar-refractivity contribution is -0.138. The molecular formula is C14H25NO2S. The summed E-state index contributed by atoms with van der Waals surface area (Å²) in [6.45, 7) is 4.46. The number of rotatable bonds is 4. The topological polar surface area (TPSA) is 40.5 Å². The van der Waals surface area contributed by atoms with E-state index in [2.05, 4.69) is 23.6 Å². The summed E-state index contributed by atoms with van der Waals surface area (Å²) in [6.07, 6.45) is 5.48. The quantitative estimate of drug-likeness (QED) is 0.853. The molecule has 0 aliphatic carbocycles. The maximum absolute atomic E-state index is 10.8. The maximum Gasteiger partial charge on any atom is 0.303 e. The largest absolute Gasteiger partial charge is 0.481 e. The van der Waals surface area contributed by atoms with Crippen molar-refractivity contribution in [1.82, 2.24) is 4.90 Å². The van der Waals surface area contributed by atoms with E-state index in [1.54, 1.807) is 0 Å². The number of aliphatic carboxylic acids is 1. The lowest BCUT2D eigenvalue weighted by atomic mass is 9.84. The lowest BCUT2D eigenvalue weighted by Crippen LogP contribution is -2.46. The summed E-state index contributed by atoms with van der Waals surface area (Å²) in [7, 11) is 0. The monoisotopic (exact) mass is 271 g/mol. The predicted octanol–water partition coefficient (Wildman–Crippen LogP) is 2.70. The molecule has 0 amide bonds. The molecule has 2 saturated heterocycles. The molecular weight excluding hydrogens is 246 g/mol. The molecule has 1 N–H and O–H groups in total. The number of likely N-dealkylation sites (tertiary alicyclic amines) is 1. The number of carboxylic acid groups (broad SMARTS) is 1. The molecule has 0 spiro atoms. The average molecular weight is 271 g/mol. The molecule has 2 rings (SSSR count). The van der Waals surface area contributed by atoms with Crippen molar-refractivity contribution in [1.29, 1.82) is 0 Å². The fourth-order valence-electron chi connectivity index (χ4n) is 3.29. The first-order chi connectivity index (χ1) is 8.66. The first-order valence-electron chi connectivity index (χ1n) is 7.20. The summed E-state index contributed by atoms with van der Waals surface area (Å²) in [5, 5.41) is 8.91. The van der Waals surface area contributed by atoms with Gasteiger partial charge in [0.2, 0.25) is 0 Å². The second kappa shape index (κ2) is 6.80. The minimum Gasteiger partial charge on any atom is -0.481 e. The molecule has 0 saturated carbocycles. The Morgan fingerprint density at radius 1 is 1.44 bits per heavy atom. The predicted molar refractivity (Wildman–Crippen MR) is 76.1 cm³/mol. The molecule has 0 aromatic rings. The van der Waals surface area contributed by atoms with E-state index in [9.17, 15) is 4.79 Å². The smallest absolute Gasteiger partial charge is 0.303 e. The molecule has 0 aromatic carbocycles. The standard InChI is InChI=1S/C14H25NO2S/c1-11(8-14(16)17)12-4-2-6-15(9-12)13-5-3-7-18-10-13/h11-13H,2-10H2,1H3,(H,16,17). The normalized spacial score (nSPS) is 32.1. The minimum atomic E-state index is -0.646. The second-order valence-corrected chi connectivity index (χ2v) is 6.99. The minimum absolute atomic E-state index is 0.321. The Bertz CT molecular complexity index is 279. The Morgan fingerprint density at radius 2 is 2.28 bits per heavy atom. The molecule has 18 heavy (non-hydrogen) atoms. The molecule has 3 nitrogen and oxygen atoms in total. The van der Waals surface area contributed by atoms with Gasteiger partial charge in [-0.05, 0) is 49.8 Å². The van der Waals surface area contributed by atoms with Crippen molar-refractivity contribution in [3.63, 3.8) is 0 Å². The van der Waals surface area contributed by atoms with Crippen LogP contribution in [0.15, 0.2) is 0 Å². The van der Waals surface area contributed by atoms with Crippen molar-refractivity contribution >= 4 is 17.7 Å². The van der Waals surface area contributed by atoms with E-state index in [-0.39, 0.29) is 0 Å². The molecule has 3 unspecified atom stereocenters. The van der Waals surface area contributed by atoms with Gasteiger partial charge in [0, 0.05) is 24.8 Å². The molecule has 2 aliphatic rings. The number of hydrogen-bond donors (Lipinski definition) is 1. The Hall–Kier alpha value is -0.220. The first kappa shape index (κ1) is 14.2. The van der Waals surface area contributed by atoms with Gasteiger partial charge in [-0.3, -0.25) is 9.69 Å². The summed E-state index contributed by atoms with van der Waals surface area (Å²) in [5.41, 5.74) is 0. The zero-order chi connectivity index (χ0) is 13.0. The molecule has 104 valence electrons. The zero-order valence-electron chi connectivity index (χ0n) is 11.3. The van der Waals surface area contributed by atoms with Crippen LogP contribution in [0.3, 0.4) is 0 Å². The number of carbonyl (C=O) groups is 1. The van der Waals surface area contributed by atoms with E-state index in [0.29, 0.717) is 18.3 Å². The second-order valence-electron chi connectivity index (χ2n) is 5.84. The fourth-order valence-corrected chi connectivity index (χ4v) is 4.48. The number of piperidine rings is 1.